The van der Waals surface area contributed by atoms with Crippen molar-refractivity contribution in [2.24, 2.45) is 5.92 Å². The van der Waals surface area contributed by atoms with Gasteiger partial charge in [-0.3, -0.25) is 4.79 Å². The fourth-order valence-corrected chi connectivity index (χ4v) is 1.75. The van der Waals surface area contributed by atoms with Gasteiger partial charge in [0.25, 0.3) is 0 Å². The van der Waals surface area contributed by atoms with E-state index in [4.69, 9.17) is 5.11 Å². The zero-order valence-electron chi connectivity index (χ0n) is 10.9. The van der Waals surface area contributed by atoms with Crippen LogP contribution in [-0.2, 0) is 4.79 Å². The molecule has 0 saturated heterocycles. The monoisotopic (exact) mass is 328 g/mol. The summed E-state index contributed by atoms with van der Waals surface area (Å²) in [5.74, 6) is -1.32. The lowest BCUT2D eigenvalue weighted by Gasteiger charge is -2.10. The minimum atomic E-state index is -0.857. The molecule has 1 unspecified atom stereocenters. The second-order valence-electron chi connectivity index (χ2n) is 4.37. The molecule has 0 saturated carbocycles. The summed E-state index contributed by atoms with van der Waals surface area (Å²) in [5, 5.41) is 14.0. The Bertz CT molecular complexity index is 477. The fourth-order valence-electron chi connectivity index (χ4n) is 1.37. The molecule has 1 rings (SSSR count). The first kappa shape index (κ1) is 15.5. The Hall–Kier alpha value is -1.56. The zero-order chi connectivity index (χ0) is 14.4. The Kier molecular flexibility index (Phi) is 5.82. The van der Waals surface area contributed by atoms with Gasteiger partial charge in [0.2, 0.25) is 0 Å². The Balaban J connectivity index is 2.39. The van der Waals surface area contributed by atoms with Gasteiger partial charge in [0.15, 0.2) is 0 Å². The maximum absolute atomic E-state index is 11.6. The van der Waals surface area contributed by atoms with Crippen LogP contribution in [0.1, 0.15) is 18.9 Å². The number of hydrogen-bond donors (Lipinski definition) is 3. The highest BCUT2D eigenvalue weighted by atomic mass is 79.9. The summed E-state index contributed by atoms with van der Waals surface area (Å²) < 4.78 is 0.921. The van der Waals surface area contributed by atoms with Crippen molar-refractivity contribution in [1.29, 1.82) is 0 Å². The molecule has 2 amide bonds. The summed E-state index contributed by atoms with van der Waals surface area (Å²) >= 11 is 3.39. The van der Waals surface area contributed by atoms with Crippen molar-refractivity contribution in [3.63, 3.8) is 0 Å². The van der Waals surface area contributed by atoms with Gasteiger partial charge < -0.3 is 15.7 Å². The molecule has 0 aliphatic rings. The number of carbonyl (C=O) groups excluding carboxylic acids is 1. The average Bonchev–Trinajstić information content (AvgIpc) is 2.33. The number of urea groups is 1. The second kappa shape index (κ2) is 7.13. The van der Waals surface area contributed by atoms with Crippen LogP contribution in [0.15, 0.2) is 22.7 Å². The summed E-state index contributed by atoms with van der Waals surface area (Å²) in [5.41, 5.74) is 1.77. The number of carboxylic acids is 1. The standard InChI is InChI=1S/C13H17BrN2O3/c1-8-3-4-10(7-11(8)14)16-13(19)15-6-5-9(2)12(17)18/h3-4,7,9H,5-6H2,1-2H3,(H,17,18)(H2,15,16,19). The van der Waals surface area contributed by atoms with E-state index >= 15 is 0 Å². The first-order valence-corrected chi connectivity index (χ1v) is 6.73. The number of anilines is 1. The Morgan fingerprint density at radius 2 is 2.11 bits per heavy atom. The molecule has 5 nitrogen and oxygen atoms in total. The van der Waals surface area contributed by atoms with Crippen molar-refractivity contribution in [1.82, 2.24) is 5.32 Å². The fraction of sp³-hybridized carbons (Fsp3) is 0.385. The highest BCUT2D eigenvalue weighted by Crippen LogP contribution is 2.20. The second-order valence-corrected chi connectivity index (χ2v) is 5.23. The molecule has 1 aromatic rings. The van der Waals surface area contributed by atoms with Crippen LogP contribution in [0.3, 0.4) is 0 Å². The topological polar surface area (TPSA) is 78.4 Å². The molecule has 0 aliphatic heterocycles. The van der Waals surface area contributed by atoms with Crippen LogP contribution >= 0.6 is 15.9 Å². The molecule has 1 atom stereocenters. The molecule has 6 heteroatoms. The number of rotatable bonds is 5. The SMILES string of the molecule is Cc1ccc(NC(=O)NCCC(C)C(=O)O)cc1Br. The normalized spacial score (nSPS) is 11.7. The van der Waals surface area contributed by atoms with E-state index in [2.05, 4.69) is 26.6 Å². The predicted octanol–water partition coefficient (Wildman–Crippen LogP) is 2.99. The number of carboxylic acid groups (broad SMARTS) is 1. The quantitative estimate of drug-likeness (QED) is 0.777. The molecule has 0 bridgehead atoms. The molecular formula is C13H17BrN2O3. The van der Waals surface area contributed by atoms with Gasteiger partial charge in [0.05, 0.1) is 5.92 Å². The number of nitrogens with one attached hydrogen (secondary N) is 2. The van der Waals surface area contributed by atoms with E-state index in [0.29, 0.717) is 18.7 Å². The van der Waals surface area contributed by atoms with Crippen LogP contribution in [0.5, 0.6) is 0 Å². The average molecular weight is 329 g/mol. The molecule has 19 heavy (non-hydrogen) atoms. The number of aliphatic carboxylic acids is 1. The first-order valence-electron chi connectivity index (χ1n) is 5.94. The van der Waals surface area contributed by atoms with E-state index in [1.165, 1.54) is 0 Å². The third-order valence-corrected chi connectivity index (χ3v) is 3.57. The van der Waals surface area contributed by atoms with Gasteiger partial charge in [0.1, 0.15) is 0 Å². The molecule has 3 N–H and O–H groups in total. The lowest BCUT2D eigenvalue weighted by Crippen LogP contribution is -2.31. The van der Waals surface area contributed by atoms with Gasteiger partial charge in [-0.15, -0.1) is 0 Å². The molecule has 104 valence electrons. The van der Waals surface area contributed by atoms with Crippen molar-refractivity contribution < 1.29 is 14.7 Å². The highest BCUT2D eigenvalue weighted by Gasteiger charge is 2.10. The zero-order valence-corrected chi connectivity index (χ0v) is 12.5. The van der Waals surface area contributed by atoms with Crippen molar-refractivity contribution in [3.8, 4) is 0 Å². The van der Waals surface area contributed by atoms with Gasteiger partial charge in [-0.05, 0) is 31.0 Å². The number of amides is 2. The highest BCUT2D eigenvalue weighted by molar-refractivity contribution is 9.10. The van der Waals surface area contributed by atoms with Gasteiger partial charge in [-0.2, -0.15) is 0 Å². The number of aryl methyl sites for hydroxylation is 1. The molecule has 1 aromatic carbocycles. The molecule has 0 aliphatic carbocycles. The molecular weight excluding hydrogens is 312 g/mol. The summed E-state index contributed by atoms with van der Waals surface area (Å²) in [6, 6.07) is 5.17. The lowest BCUT2D eigenvalue weighted by molar-refractivity contribution is -0.141. The summed E-state index contributed by atoms with van der Waals surface area (Å²) in [4.78, 5) is 22.2. The van der Waals surface area contributed by atoms with Gasteiger partial charge in [0, 0.05) is 16.7 Å². The van der Waals surface area contributed by atoms with E-state index < -0.39 is 11.9 Å². The summed E-state index contributed by atoms with van der Waals surface area (Å²) in [7, 11) is 0. The first-order chi connectivity index (χ1) is 8.90. The molecule has 0 fully saturated rings. The third kappa shape index (κ3) is 5.30. The largest absolute Gasteiger partial charge is 0.481 e. The summed E-state index contributed by atoms with van der Waals surface area (Å²) in [6.45, 7) is 3.90. The predicted molar refractivity (Wildman–Crippen MR) is 77.3 cm³/mol. The number of benzene rings is 1. The van der Waals surface area contributed by atoms with Crippen LogP contribution in [0, 0.1) is 12.8 Å². The molecule has 0 aromatic heterocycles. The number of halogens is 1. The third-order valence-electron chi connectivity index (χ3n) is 2.71. The Morgan fingerprint density at radius 3 is 2.68 bits per heavy atom. The van der Waals surface area contributed by atoms with Crippen LogP contribution in [0.4, 0.5) is 10.5 Å². The van der Waals surface area contributed by atoms with Crippen LogP contribution in [0.2, 0.25) is 0 Å². The maximum atomic E-state index is 11.6. The maximum Gasteiger partial charge on any atom is 0.319 e. The molecule has 0 radical (unpaired) electrons. The van der Waals surface area contributed by atoms with E-state index in [1.54, 1.807) is 13.0 Å². The minimum absolute atomic E-state index is 0.326. The van der Waals surface area contributed by atoms with Gasteiger partial charge in [-0.1, -0.05) is 28.9 Å². The van der Waals surface area contributed by atoms with Gasteiger partial charge >= 0.3 is 12.0 Å². The van der Waals surface area contributed by atoms with Gasteiger partial charge in [-0.25, -0.2) is 4.79 Å². The Morgan fingerprint density at radius 1 is 1.42 bits per heavy atom. The molecule has 0 spiro atoms. The van der Waals surface area contributed by atoms with Crippen LogP contribution in [-0.4, -0.2) is 23.7 Å². The Labute approximate surface area is 120 Å². The van der Waals surface area contributed by atoms with E-state index in [1.807, 2.05) is 19.1 Å². The molecule has 0 heterocycles. The van der Waals surface area contributed by atoms with Crippen LogP contribution in [0.25, 0.3) is 0 Å². The van der Waals surface area contributed by atoms with E-state index in [0.717, 1.165) is 10.0 Å². The van der Waals surface area contributed by atoms with Crippen molar-refractivity contribution in [2.45, 2.75) is 20.3 Å². The number of carbonyl (C=O) groups is 2. The van der Waals surface area contributed by atoms with Crippen molar-refractivity contribution in [3.05, 3.63) is 28.2 Å². The van der Waals surface area contributed by atoms with Crippen molar-refractivity contribution in [2.75, 3.05) is 11.9 Å². The van der Waals surface area contributed by atoms with Crippen molar-refractivity contribution >= 4 is 33.6 Å². The minimum Gasteiger partial charge on any atom is -0.481 e. The summed E-state index contributed by atoms with van der Waals surface area (Å²) in [6.07, 6.45) is 0.403. The van der Waals surface area contributed by atoms with E-state index in [9.17, 15) is 9.59 Å². The van der Waals surface area contributed by atoms with Crippen LogP contribution < -0.4 is 10.6 Å². The lowest BCUT2D eigenvalue weighted by atomic mass is 10.1. The smallest absolute Gasteiger partial charge is 0.319 e. The van der Waals surface area contributed by atoms with E-state index in [-0.39, 0.29) is 6.03 Å². The number of hydrogen-bond acceptors (Lipinski definition) is 2.